The van der Waals surface area contributed by atoms with Crippen molar-refractivity contribution in [1.82, 2.24) is 0 Å². The normalized spacial score (nSPS) is 19.9. The Balaban J connectivity index is 1.59. The predicted octanol–water partition coefficient (Wildman–Crippen LogP) is 5.95. The van der Waals surface area contributed by atoms with Crippen LogP contribution in [0.2, 0.25) is 0 Å². The minimum atomic E-state index is -0.934. The van der Waals surface area contributed by atoms with Crippen LogP contribution in [-0.2, 0) is 4.79 Å². The molecule has 0 unspecified atom stereocenters. The number of Topliss-reactive ketones (excluding diaryl/α,β-unsaturated/α-hetero) is 1. The smallest absolute Gasteiger partial charge is 0.163 e. The van der Waals surface area contributed by atoms with Crippen molar-refractivity contribution in [3.05, 3.63) is 101 Å². The van der Waals surface area contributed by atoms with Crippen molar-refractivity contribution in [2.45, 2.75) is 24.8 Å². The lowest BCUT2D eigenvalue weighted by molar-refractivity contribution is -0.116. The summed E-state index contributed by atoms with van der Waals surface area (Å²) in [5.41, 5.74) is 4.57. The second-order valence-electron chi connectivity index (χ2n) is 8.12. The second-order valence-corrected chi connectivity index (χ2v) is 8.12. The average molecular weight is 432 g/mol. The molecular formula is C26H22F2N2O2. The lowest BCUT2D eigenvalue weighted by atomic mass is 9.78. The standard InChI is InChI=1S/C26H22F2N2O2/c1-32-18-9-6-15(7-10-18)17-13-23-25(24(31)14-17)26(16-8-11-19(27)20(28)12-16)30-22-5-3-2-4-21(22)29-23/h2-12,17,26,29-30H,13-14H2,1H3/t17-,26-/m0/s1. The number of nitrogens with one attached hydrogen (secondary N) is 2. The summed E-state index contributed by atoms with van der Waals surface area (Å²) in [7, 11) is 1.62. The maximum Gasteiger partial charge on any atom is 0.163 e. The number of carbonyl (C=O) groups is 1. The molecule has 2 atom stereocenters. The number of hydrogen-bond donors (Lipinski definition) is 2. The molecule has 1 aliphatic heterocycles. The minimum absolute atomic E-state index is 0.00974. The molecule has 0 bridgehead atoms. The zero-order valence-corrected chi connectivity index (χ0v) is 17.5. The van der Waals surface area contributed by atoms with Gasteiger partial charge in [0.25, 0.3) is 0 Å². The van der Waals surface area contributed by atoms with E-state index in [2.05, 4.69) is 10.6 Å². The summed E-state index contributed by atoms with van der Waals surface area (Å²) in [5, 5.41) is 6.82. The Kier molecular flexibility index (Phi) is 5.13. The van der Waals surface area contributed by atoms with Gasteiger partial charge in [0.1, 0.15) is 5.75 Å². The van der Waals surface area contributed by atoms with E-state index in [4.69, 9.17) is 4.74 Å². The summed E-state index contributed by atoms with van der Waals surface area (Å²) in [6, 6.07) is 18.6. The maximum absolute atomic E-state index is 14.1. The Bertz CT molecular complexity index is 1220. The van der Waals surface area contributed by atoms with E-state index in [9.17, 15) is 13.6 Å². The zero-order chi connectivity index (χ0) is 22.2. The number of allylic oxidation sites excluding steroid dienone is 1. The van der Waals surface area contributed by atoms with Gasteiger partial charge >= 0.3 is 0 Å². The zero-order valence-electron chi connectivity index (χ0n) is 17.5. The lowest BCUT2D eigenvalue weighted by Crippen LogP contribution is -2.27. The molecule has 2 aliphatic rings. The Morgan fingerprint density at radius 2 is 1.59 bits per heavy atom. The van der Waals surface area contributed by atoms with Gasteiger partial charge in [0.05, 0.1) is 24.5 Å². The van der Waals surface area contributed by atoms with Gasteiger partial charge in [-0.3, -0.25) is 4.79 Å². The highest BCUT2D eigenvalue weighted by atomic mass is 19.2. The summed E-state index contributed by atoms with van der Waals surface area (Å²) in [6.07, 6.45) is 0.967. The van der Waals surface area contributed by atoms with E-state index in [1.165, 1.54) is 6.07 Å². The van der Waals surface area contributed by atoms with Crippen molar-refractivity contribution in [3.63, 3.8) is 0 Å². The molecule has 0 saturated carbocycles. The fourth-order valence-electron chi connectivity index (χ4n) is 4.55. The molecule has 0 saturated heterocycles. The van der Waals surface area contributed by atoms with Crippen LogP contribution in [-0.4, -0.2) is 12.9 Å². The second kappa shape index (κ2) is 8.11. The number of anilines is 2. The van der Waals surface area contributed by atoms with Gasteiger partial charge in [-0.2, -0.15) is 0 Å². The number of para-hydroxylation sites is 2. The van der Waals surface area contributed by atoms with Crippen LogP contribution in [0.3, 0.4) is 0 Å². The van der Waals surface area contributed by atoms with E-state index in [1.807, 2.05) is 48.5 Å². The van der Waals surface area contributed by atoms with Crippen LogP contribution >= 0.6 is 0 Å². The number of ketones is 1. The third-order valence-electron chi connectivity index (χ3n) is 6.17. The fourth-order valence-corrected chi connectivity index (χ4v) is 4.55. The monoisotopic (exact) mass is 432 g/mol. The Hall–Kier alpha value is -3.67. The van der Waals surface area contributed by atoms with Crippen molar-refractivity contribution in [2.24, 2.45) is 0 Å². The van der Waals surface area contributed by atoms with Gasteiger partial charge in [-0.05, 0) is 59.9 Å². The van der Waals surface area contributed by atoms with Crippen molar-refractivity contribution in [3.8, 4) is 5.75 Å². The quantitative estimate of drug-likeness (QED) is 0.537. The van der Waals surface area contributed by atoms with Crippen molar-refractivity contribution in [1.29, 1.82) is 0 Å². The first-order valence-corrected chi connectivity index (χ1v) is 10.5. The van der Waals surface area contributed by atoms with E-state index in [0.717, 1.165) is 40.5 Å². The number of benzene rings is 3. The number of ether oxygens (including phenoxy) is 1. The van der Waals surface area contributed by atoms with Crippen LogP contribution in [0.4, 0.5) is 20.2 Å². The highest BCUT2D eigenvalue weighted by Gasteiger charge is 2.36. The topological polar surface area (TPSA) is 50.4 Å². The van der Waals surface area contributed by atoms with Gasteiger partial charge in [0, 0.05) is 17.7 Å². The SMILES string of the molecule is COc1ccc([C@@H]2CC(=O)C3=C(C2)Nc2ccccc2N[C@H]3c2ccc(F)c(F)c2)cc1. The third kappa shape index (κ3) is 3.62. The minimum Gasteiger partial charge on any atom is -0.497 e. The highest BCUT2D eigenvalue weighted by Crippen LogP contribution is 2.44. The maximum atomic E-state index is 14.1. The van der Waals surface area contributed by atoms with Gasteiger partial charge in [-0.15, -0.1) is 0 Å². The van der Waals surface area contributed by atoms with Crippen molar-refractivity contribution in [2.75, 3.05) is 17.7 Å². The van der Waals surface area contributed by atoms with Crippen LogP contribution in [0.5, 0.6) is 5.75 Å². The number of methoxy groups -OCH3 is 1. The predicted molar refractivity (Wildman–Crippen MR) is 120 cm³/mol. The van der Waals surface area contributed by atoms with Gasteiger partial charge < -0.3 is 15.4 Å². The molecule has 0 amide bonds. The van der Waals surface area contributed by atoms with Gasteiger partial charge in [-0.25, -0.2) is 8.78 Å². The molecule has 5 rings (SSSR count). The third-order valence-corrected chi connectivity index (χ3v) is 6.17. The molecule has 3 aromatic rings. The van der Waals surface area contributed by atoms with E-state index >= 15 is 0 Å². The van der Waals surface area contributed by atoms with Gasteiger partial charge in [-0.1, -0.05) is 30.3 Å². The summed E-state index contributed by atoms with van der Waals surface area (Å²) in [4.78, 5) is 13.4. The molecule has 162 valence electrons. The molecule has 1 heterocycles. The molecule has 0 radical (unpaired) electrons. The van der Waals surface area contributed by atoms with Gasteiger partial charge in [0.2, 0.25) is 0 Å². The van der Waals surface area contributed by atoms with E-state index in [1.54, 1.807) is 7.11 Å². The fraction of sp³-hybridized carbons (Fsp3) is 0.192. The lowest BCUT2D eigenvalue weighted by Gasteiger charge is -2.30. The van der Waals surface area contributed by atoms with Gasteiger partial charge in [0.15, 0.2) is 17.4 Å². The van der Waals surface area contributed by atoms with Crippen LogP contribution in [0.25, 0.3) is 0 Å². The average Bonchev–Trinajstić information content (AvgIpc) is 2.98. The molecule has 3 aromatic carbocycles. The van der Waals surface area contributed by atoms with Crippen LogP contribution in [0.1, 0.15) is 35.9 Å². The Morgan fingerprint density at radius 1 is 0.875 bits per heavy atom. The molecule has 1 aliphatic carbocycles. The molecule has 32 heavy (non-hydrogen) atoms. The largest absolute Gasteiger partial charge is 0.497 e. The number of hydrogen-bond acceptors (Lipinski definition) is 4. The molecule has 0 spiro atoms. The summed E-state index contributed by atoms with van der Waals surface area (Å²) in [6.45, 7) is 0. The first kappa shape index (κ1) is 20.2. The van der Waals surface area contributed by atoms with Crippen LogP contribution in [0, 0.1) is 11.6 Å². The number of rotatable bonds is 3. The number of halogens is 2. The molecule has 6 heteroatoms. The Morgan fingerprint density at radius 3 is 2.31 bits per heavy atom. The van der Waals surface area contributed by atoms with E-state index in [0.29, 0.717) is 24.0 Å². The molecule has 0 fully saturated rings. The van der Waals surface area contributed by atoms with E-state index < -0.39 is 17.7 Å². The molecule has 4 nitrogen and oxygen atoms in total. The van der Waals surface area contributed by atoms with Crippen molar-refractivity contribution < 1.29 is 18.3 Å². The summed E-state index contributed by atoms with van der Waals surface area (Å²) in [5.74, 6) is -1.09. The molecule has 0 aromatic heterocycles. The van der Waals surface area contributed by atoms with E-state index in [-0.39, 0.29) is 11.7 Å². The first-order chi connectivity index (χ1) is 15.5. The first-order valence-electron chi connectivity index (χ1n) is 10.5. The van der Waals surface area contributed by atoms with Crippen molar-refractivity contribution >= 4 is 17.2 Å². The summed E-state index contributed by atoms with van der Waals surface area (Å²) < 4.78 is 32.9. The number of fused-ring (bicyclic) bond motifs is 1. The molecule has 2 N–H and O–H groups in total. The van der Waals surface area contributed by atoms with Crippen LogP contribution < -0.4 is 15.4 Å². The highest BCUT2D eigenvalue weighted by molar-refractivity contribution is 6.01. The summed E-state index contributed by atoms with van der Waals surface area (Å²) >= 11 is 0. The Labute approximate surface area is 184 Å². The number of carbonyl (C=O) groups excluding carboxylic acids is 1. The molecular weight excluding hydrogens is 410 g/mol. The van der Waals surface area contributed by atoms with Crippen LogP contribution in [0.15, 0.2) is 78.0 Å².